The van der Waals surface area contributed by atoms with E-state index in [1.807, 2.05) is 23.1 Å². The average molecular weight is 421 g/mol. The quantitative estimate of drug-likeness (QED) is 0.752. The van der Waals surface area contributed by atoms with Gasteiger partial charge in [-0.15, -0.1) is 12.4 Å². The number of halogens is 5. The third kappa shape index (κ3) is 5.05. The Kier molecular flexibility index (Phi) is 7.03. The molecular formula is C13H17ClF3IN2. The Morgan fingerprint density at radius 3 is 2.35 bits per heavy atom. The van der Waals surface area contributed by atoms with Crippen molar-refractivity contribution in [1.82, 2.24) is 10.2 Å². The largest absolute Gasteiger partial charge is 0.390 e. The number of alkyl halides is 3. The average Bonchev–Trinajstić information content (AvgIpc) is 2.37. The molecule has 114 valence electrons. The molecule has 1 N–H and O–H groups in total. The van der Waals surface area contributed by atoms with Gasteiger partial charge in [0.05, 0.1) is 6.42 Å². The second kappa shape index (κ2) is 7.82. The van der Waals surface area contributed by atoms with Crippen LogP contribution in [0.5, 0.6) is 0 Å². The van der Waals surface area contributed by atoms with Gasteiger partial charge in [-0.05, 0) is 34.2 Å². The molecule has 0 unspecified atom stereocenters. The van der Waals surface area contributed by atoms with Crippen molar-refractivity contribution in [3.63, 3.8) is 0 Å². The van der Waals surface area contributed by atoms with Crippen molar-refractivity contribution < 1.29 is 13.2 Å². The summed E-state index contributed by atoms with van der Waals surface area (Å²) in [6, 6.07) is 6.76. The second-order valence-corrected chi connectivity index (χ2v) is 5.80. The van der Waals surface area contributed by atoms with E-state index in [1.54, 1.807) is 6.07 Å². The van der Waals surface area contributed by atoms with Gasteiger partial charge in [0.1, 0.15) is 0 Å². The van der Waals surface area contributed by atoms with Crippen LogP contribution in [0.4, 0.5) is 13.2 Å². The molecule has 1 aromatic rings. The van der Waals surface area contributed by atoms with Crippen molar-refractivity contribution in [2.24, 2.45) is 0 Å². The fourth-order valence-corrected chi connectivity index (χ4v) is 3.14. The highest BCUT2D eigenvalue weighted by Gasteiger charge is 2.36. The first-order valence-corrected chi connectivity index (χ1v) is 7.31. The number of nitrogens with one attached hydrogen (secondary N) is 1. The van der Waals surface area contributed by atoms with Gasteiger partial charge in [-0.1, -0.05) is 18.2 Å². The minimum absolute atomic E-state index is 0. The summed E-state index contributed by atoms with van der Waals surface area (Å²) < 4.78 is 39.4. The smallest absolute Gasteiger partial charge is 0.314 e. The molecule has 20 heavy (non-hydrogen) atoms. The van der Waals surface area contributed by atoms with E-state index in [-0.39, 0.29) is 12.4 Å². The van der Waals surface area contributed by atoms with E-state index in [0.717, 1.165) is 22.2 Å². The summed E-state index contributed by atoms with van der Waals surface area (Å²) in [7, 11) is 0. The van der Waals surface area contributed by atoms with Gasteiger partial charge in [0.25, 0.3) is 0 Å². The molecule has 0 aliphatic carbocycles. The van der Waals surface area contributed by atoms with Crippen molar-refractivity contribution in [3.05, 3.63) is 33.4 Å². The molecule has 1 aliphatic rings. The van der Waals surface area contributed by atoms with Crippen LogP contribution >= 0.6 is 35.0 Å². The predicted octanol–water partition coefficient (Wildman–Crippen LogP) is 3.61. The van der Waals surface area contributed by atoms with Gasteiger partial charge in [0.2, 0.25) is 0 Å². The Morgan fingerprint density at radius 1 is 1.20 bits per heavy atom. The zero-order valence-electron chi connectivity index (χ0n) is 10.8. The van der Waals surface area contributed by atoms with Gasteiger partial charge < -0.3 is 5.32 Å². The standard InChI is InChI=1S/C13H16F3IN2.ClH/c14-13(15,16)9-12(19-7-5-18-6-8-19)10-3-1-2-4-11(10)17;/h1-4,12,18H,5-9H2;1H/t12-;/m0./s1. The van der Waals surface area contributed by atoms with Crippen LogP contribution in [-0.4, -0.2) is 37.3 Å². The van der Waals surface area contributed by atoms with Gasteiger partial charge in [-0.2, -0.15) is 13.2 Å². The lowest BCUT2D eigenvalue weighted by Gasteiger charge is -2.36. The van der Waals surface area contributed by atoms with E-state index < -0.39 is 18.6 Å². The summed E-state index contributed by atoms with van der Waals surface area (Å²) in [6.07, 6.45) is -4.93. The molecule has 1 heterocycles. The van der Waals surface area contributed by atoms with Crippen molar-refractivity contribution in [2.45, 2.75) is 18.6 Å². The monoisotopic (exact) mass is 420 g/mol. The molecule has 0 bridgehead atoms. The molecule has 1 aromatic carbocycles. The van der Waals surface area contributed by atoms with Crippen LogP contribution in [0.2, 0.25) is 0 Å². The molecule has 2 rings (SSSR count). The number of benzene rings is 1. The SMILES string of the molecule is Cl.FC(F)(F)C[C@@H](c1ccccc1I)N1CCNCC1. The van der Waals surface area contributed by atoms with Gasteiger partial charge in [0, 0.05) is 35.8 Å². The zero-order valence-corrected chi connectivity index (χ0v) is 13.8. The fraction of sp³-hybridized carbons (Fsp3) is 0.538. The van der Waals surface area contributed by atoms with E-state index in [2.05, 4.69) is 27.9 Å². The van der Waals surface area contributed by atoms with Crippen LogP contribution < -0.4 is 5.32 Å². The molecule has 0 aromatic heterocycles. The summed E-state index contributed by atoms with van der Waals surface area (Å²) in [4.78, 5) is 1.93. The maximum atomic E-state index is 12.8. The van der Waals surface area contributed by atoms with Crippen molar-refractivity contribution in [3.8, 4) is 0 Å². The predicted molar refractivity (Wildman–Crippen MR) is 84.3 cm³/mol. The molecule has 0 amide bonds. The van der Waals surface area contributed by atoms with E-state index >= 15 is 0 Å². The van der Waals surface area contributed by atoms with Crippen LogP contribution in [0, 0.1) is 3.57 Å². The maximum Gasteiger partial charge on any atom is 0.390 e. The summed E-state index contributed by atoms with van der Waals surface area (Å²) in [5, 5.41) is 3.17. The summed E-state index contributed by atoms with van der Waals surface area (Å²) >= 11 is 2.11. The molecule has 1 atom stereocenters. The number of piperazine rings is 1. The summed E-state index contributed by atoms with van der Waals surface area (Å²) in [6.45, 7) is 2.81. The van der Waals surface area contributed by atoms with Crippen LogP contribution in [0.1, 0.15) is 18.0 Å². The number of rotatable bonds is 3. The van der Waals surface area contributed by atoms with Crippen LogP contribution in [-0.2, 0) is 0 Å². The van der Waals surface area contributed by atoms with Gasteiger partial charge in [-0.25, -0.2) is 0 Å². The Hall–Kier alpha value is -0.0500. The summed E-state index contributed by atoms with van der Waals surface area (Å²) in [5.74, 6) is 0. The Morgan fingerprint density at radius 2 is 1.80 bits per heavy atom. The third-order valence-electron chi connectivity index (χ3n) is 3.28. The lowest BCUT2D eigenvalue weighted by Crippen LogP contribution is -2.46. The number of hydrogen-bond donors (Lipinski definition) is 1. The van der Waals surface area contributed by atoms with Gasteiger partial charge in [-0.3, -0.25) is 4.90 Å². The topological polar surface area (TPSA) is 15.3 Å². The minimum atomic E-state index is -4.14. The van der Waals surface area contributed by atoms with Crippen LogP contribution in [0.15, 0.2) is 24.3 Å². The van der Waals surface area contributed by atoms with E-state index in [1.165, 1.54) is 0 Å². The van der Waals surface area contributed by atoms with Gasteiger partial charge in [0.15, 0.2) is 0 Å². The van der Waals surface area contributed by atoms with Crippen molar-refractivity contribution in [2.75, 3.05) is 26.2 Å². The van der Waals surface area contributed by atoms with Gasteiger partial charge >= 0.3 is 6.18 Å². The fourth-order valence-electron chi connectivity index (χ4n) is 2.39. The maximum absolute atomic E-state index is 12.8. The first-order chi connectivity index (χ1) is 8.97. The molecular weight excluding hydrogens is 404 g/mol. The lowest BCUT2D eigenvalue weighted by atomic mass is 10.0. The van der Waals surface area contributed by atoms with Crippen molar-refractivity contribution in [1.29, 1.82) is 0 Å². The molecule has 0 radical (unpaired) electrons. The molecule has 1 saturated heterocycles. The first kappa shape index (κ1) is 18.0. The molecule has 2 nitrogen and oxygen atoms in total. The molecule has 1 aliphatic heterocycles. The highest BCUT2D eigenvalue weighted by atomic mass is 127. The molecule has 1 fully saturated rings. The Balaban J connectivity index is 0.00000200. The normalized spacial score (nSPS) is 18.4. The number of hydrogen-bond acceptors (Lipinski definition) is 2. The third-order valence-corrected chi connectivity index (χ3v) is 4.26. The van der Waals surface area contributed by atoms with Crippen LogP contribution in [0.25, 0.3) is 0 Å². The highest BCUT2D eigenvalue weighted by Crippen LogP contribution is 2.35. The van der Waals surface area contributed by atoms with E-state index in [9.17, 15) is 13.2 Å². The lowest BCUT2D eigenvalue weighted by molar-refractivity contribution is -0.148. The summed E-state index contributed by atoms with van der Waals surface area (Å²) in [5.41, 5.74) is 0.780. The van der Waals surface area contributed by atoms with Crippen LogP contribution in [0.3, 0.4) is 0 Å². The molecule has 7 heteroatoms. The second-order valence-electron chi connectivity index (χ2n) is 4.64. The molecule has 0 saturated carbocycles. The minimum Gasteiger partial charge on any atom is -0.314 e. The zero-order chi connectivity index (χ0) is 13.9. The first-order valence-electron chi connectivity index (χ1n) is 6.23. The number of nitrogens with zero attached hydrogens (tertiary/aromatic N) is 1. The Labute approximate surface area is 136 Å². The molecule has 0 spiro atoms. The highest BCUT2D eigenvalue weighted by molar-refractivity contribution is 14.1. The van der Waals surface area contributed by atoms with E-state index in [0.29, 0.717) is 13.1 Å². The Bertz CT molecular complexity index is 422. The van der Waals surface area contributed by atoms with Crippen molar-refractivity contribution >= 4 is 35.0 Å². The van der Waals surface area contributed by atoms with E-state index in [4.69, 9.17) is 0 Å².